The molecule has 1 aromatic rings. The Labute approximate surface area is 134 Å². The van der Waals surface area contributed by atoms with Gasteiger partial charge in [0.2, 0.25) is 0 Å². The van der Waals surface area contributed by atoms with Crippen molar-refractivity contribution in [1.82, 2.24) is 9.97 Å². The van der Waals surface area contributed by atoms with Crippen molar-refractivity contribution in [2.24, 2.45) is 0 Å². The minimum atomic E-state index is -0.0581. The largest absolute Gasteiger partial charge is 0.373 e. The molecule has 0 bridgehead atoms. The van der Waals surface area contributed by atoms with E-state index in [1.807, 2.05) is 18.8 Å². The first kappa shape index (κ1) is 18.1. The second-order valence-corrected chi connectivity index (χ2v) is 7.57. The van der Waals surface area contributed by atoms with Crippen molar-refractivity contribution < 1.29 is 0 Å². The summed E-state index contributed by atoms with van der Waals surface area (Å²) in [4.78, 5) is 11.8. The zero-order valence-electron chi connectivity index (χ0n) is 14.7. The molecule has 0 aliphatic carbocycles. The van der Waals surface area contributed by atoms with Gasteiger partial charge in [-0.05, 0) is 32.3 Å². The third-order valence-electron chi connectivity index (χ3n) is 3.76. The Hall–Kier alpha value is -0.970. The average molecular weight is 311 g/mol. The van der Waals surface area contributed by atoms with Crippen LogP contribution in [0.5, 0.6) is 0 Å². The number of rotatable bonds is 6. The van der Waals surface area contributed by atoms with E-state index in [0.29, 0.717) is 6.04 Å². The highest BCUT2D eigenvalue weighted by Gasteiger charge is 2.23. The molecule has 1 atom stereocenters. The summed E-state index contributed by atoms with van der Waals surface area (Å²) in [6.07, 6.45) is 3.31. The lowest BCUT2D eigenvalue weighted by atomic mass is 9.95. The second-order valence-electron chi connectivity index (χ2n) is 6.59. The molecule has 0 amide bonds. The summed E-state index contributed by atoms with van der Waals surface area (Å²) in [7, 11) is 4.05. The molecule has 0 radical (unpaired) electrons. The van der Waals surface area contributed by atoms with Gasteiger partial charge in [-0.3, -0.25) is 0 Å². The van der Waals surface area contributed by atoms with Crippen LogP contribution in [0.4, 0.5) is 11.6 Å². The van der Waals surface area contributed by atoms with E-state index in [4.69, 9.17) is 4.98 Å². The van der Waals surface area contributed by atoms with Gasteiger partial charge in [0, 0.05) is 31.1 Å². The summed E-state index contributed by atoms with van der Waals surface area (Å²) in [5, 5.41) is 3.20. The molecule has 0 aliphatic heterocycles. The molecule has 0 saturated heterocycles. The fraction of sp³-hybridized carbons (Fsp3) is 0.750. The van der Waals surface area contributed by atoms with Gasteiger partial charge in [0.25, 0.3) is 0 Å². The Bertz CT molecular complexity index is 468. The first-order valence-corrected chi connectivity index (χ1v) is 8.90. The Morgan fingerprint density at radius 1 is 1.29 bits per heavy atom. The molecule has 1 N–H and O–H groups in total. The van der Waals surface area contributed by atoms with E-state index < -0.39 is 0 Å². The van der Waals surface area contributed by atoms with Gasteiger partial charge in [0.15, 0.2) is 0 Å². The van der Waals surface area contributed by atoms with E-state index in [0.717, 1.165) is 29.4 Å². The predicted molar refractivity (Wildman–Crippen MR) is 95.9 cm³/mol. The van der Waals surface area contributed by atoms with Crippen LogP contribution in [0.25, 0.3) is 0 Å². The number of nitrogens with zero attached hydrogens (tertiary/aromatic N) is 3. The van der Waals surface area contributed by atoms with Crippen LogP contribution in [0, 0.1) is 6.92 Å². The molecule has 1 unspecified atom stereocenters. The summed E-state index contributed by atoms with van der Waals surface area (Å²) in [6, 6.07) is 0.462. The van der Waals surface area contributed by atoms with Crippen LogP contribution in [0.3, 0.4) is 0 Å². The lowest BCUT2D eigenvalue weighted by Gasteiger charge is -2.29. The minimum absolute atomic E-state index is 0.0581. The standard InChI is InChI=1S/C16H30N4S/c1-11(9-10-21-8)20(7)14-12(2)13(17-6)18-15(19-14)16(3,4)5/h11H,9-10H2,1-8H3,(H,17,18,19). The summed E-state index contributed by atoms with van der Waals surface area (Å²) < 4.78 is 0. The fourth-order valence-electron chi connectivity index (χ4n) is 2.12. The molecule has 21 heavy (non-hydrogen) atoms. The maximum Gasteiger partial charge on any atom is 0.138 e. The van der Waals surface area contributed by atoms with Crippen LogP contribution in [0.2, 0.25) is 0 Å². The molecule has 0 spiro atoms. The molecule has 0 aliphatic rings. The highest BCUT2D eigenvalue weighted by molar-refractivity contribution is 7.98. The molecule has 1 aromatic heterocycles. The van der Waals surface area contributed by atoms with Crippen molar-refractivity contribution in [3.05, 3.63) is 11.4 Å². The molecular formula is C16H30N4S. The molecule has 0 fully saturated rings. The molecule has 1 rings (SSSR count). The third-order valence-corrected chi connectivity index (χ3v) is 4.41. The summed E-state index contributed by atoms with van der Waals surface area (Å²) in [5.41, 5.74) is 1.06. The highest BCUT2D eigenvalue weighted by atomic mass is 32.2. The van der Waals surface area contributed by atoms with E-state index in [2.05, 4.69) is 63.1 Å². The monoisotopic (exact) mass is 310 g/mol. The van der Waals surface area contributed by atoms with Gasteiger partial charge < -0.3 is 10.2 Å². The fourth-order valence-corrected chi connectivity index (χ4v) is 2.69. The average Bonchev–Trinajstić information content (AvgIpc) is 2.42. The lowest BCUT2D eigenvalue weighted by molar-refractivity contribution is 0.542. The molecule has 0 saturated carbocycles. The van der Waals surface area contributed by atoms with Crippen molar-refractivity contribution >= 4 is 23.4 Å². The molecular weight excluding hydrogens is 280 g/mol. The Morgan fingerprint density at radius 2 is 1.90 bits per heavy atom. The molecule has 4 nitrogen and oxygen atoms in total. The maximum atomic E-state index is 4.85. The van der Waals surface area contributed by atoms with Crippen LogP contribution in [-0.4, -0.2) is 42.1 Å². The minimum Gasteiger partial charge on any atom is -0.373 e. The van der Waals surface area contributed by atoms with Gasteiger partial charge >= 0.3 is 0 Å². The van der Waals surface area contributed by atoms with Crippen molar-refractivity contribution in [2.45, 2.75) is 52.5 Å². The molecule has 5 heteroatoms. The Balaban J connectivity index is 3.21. The second kappa shape index (κ2) is 7.34. The van der Waals surface area contributed by atoms with Gasteiger partial charge in [0.1, 0.15) is 17.5 Å². The highest BCUT2D eigenvalue weighted by Crippen LogP contribution is 2.29. The van der Waals surface area contributed by atoms with Crippen LogP contribution < -0.4 is 10.2 Å². The number of hydrogen-bond donors (Lipinski definition) is 1. The van der Waals surface area contributed by atoms with Crippen molar-refractivity contribution in [1.29, 1.82) is 0 Å². The molecule has 120 valence electrons. The summed E-state index contributed by atoms with van der Waals surface area (Å²) in [6.45, 7) is 10.8. The zero-order chi connectivity index (χ0) is 16.2. The summed E-state index contributed by atoms with van der Waals surface area (Å²) in [5.74, 6) is 4.01. The van der Waals surface area contributed by atoms with Gasteiger partial charge in [0.05, 0.1) is 0 Å². The number of anilines is 2. The van der Waals surface area contributed by atoms with E-state index in [-0.39, 0.29) is 5.41 Å². The van der Waals surface area contributed by atoms with E-state index >= 15 is 0 Å². The molecule has 0 aromatic carbocycles. The van der Waals surface area contributed by atoms with Crippen molar-refractivity contribution in [2.75, 3.05) is 36.3 Å². The Morgan fingerprint density at radius 3 is 2.38 bits per heavy atom. The van der Waals surface area contributed by atoms with Crippen LogP contribution in [-0.2, 0) is 5.41 Å². The first-order valence-electron chi connectivity index (χ1n) is 7.51. The van der Waals surface area contributed by atoms with Crippen molar-refractivity contribution in [3.8, 4) is 0 Å². The smallest absolute Gasteiger partial charge is 0.138 e. The molecule has 1 heterocycles. The van der Waals surface area contributed by atoms with E-state index in [1.54, 1.807) is 0 Å². The number of aromatic nitrogens is 2. The number of thioether (sulfide) groups is 1. The van der Waals surface area contributed by atoms with E-state index in [1.165, 1.54) is 5.75 Å². The van der Waals surface area contributed by atoms with Crippen LogP contribution in [0.1, 0.15) is 45.5 Å². The van der Waals surface area contributed by atoms with Crippen molar-refractivity contribution in [3.63, 3.8) is 0 Å². The van der Waals surface area contributed by atoms with Crippen LogP contribution >= 0.6 is 11.8 Å². The van der Waals surface area contributed by atoms with E-state index in [9.17, 15) is 0 Å². The third kappa shape index (κ3) is 4.50. The lowest BCUT2D eigenvalue weighted by Crippen LogP contribution is -2.32. The van der Waals surface area contributed by atoms with Gasteiger partial charge in [-0.2, -0.15) is 11.8 Å². The van der Waals surface area contributed by atoms with Gasteiger partial charge in [-0.1, -0.05) is 20.8 Å². The SMILES string of the molecule is CNc1nc(C(C)(C)C)nc(N(C)C(C)CCSC)c1C. The first-order chi connectivity index (χ1) is 9.72. The number of hydrogen-bond acceptors (Lipinski definition) is 5. The summed E-state index contributed by atoms with van der Waals surface area (Å²) >= 11 is 1.89. The van der Waals surface area contributed by atoms with Crippen LogP contribution in [0.15, 0.2) is 0 Å². The zero-order valence-corrected chi connectivity index (χ0v) is 15.6. The predicted octanol–water partition coefficient (Wildman–Crippen LogP) is 3.70. The number of nitrogens with one attached hydrogen (secondary N) is 1. The topological polar surface area (TPSA) is 41.1 Å². The Kier molecular flexibility index (Phi) is 6.32. The maximum absolute atomic E-state index is 4.85. The normalized spacial score (nSPS) is 13.1. The van der Waals surface area contributed by atoms with Gasteiger partial charge in [-0.15, -0.1) is 0 Å². The van der Waals surface area contributed by atoms with Gasteiger partial charge in [-0.25, -0.2) is 9.97 Å². The quantitative estimate of drug-likeness (QED) is 0.867.